The fourth-order valence-electron chi connectivity index (χ4n) is 2.15. The Hall–Kier alpha value is -1.43. The molecule has 0 spiro atoms. The average molecular weight is 305 g/mol. The predicted molar refractivity (Wildman–Crippen MR) is 89.9 cm³/mol. The normalized spacial score (nSPS) is 11.1. The number of rotatable bonds is 7. The summed E-state index contributed by atoms with van der Waals surface area (Å²) in [5.41, 5.74) is 2.21. The van der Waals surface area contributed by atoms with Crippen LogP contribution in [-0.2, 0) is 6.54 Å². The summed E-state index contributed by atoms with van der Waals surface area (Å²) >= 11 is 1.72. The molecule has 0 saturated heterocycles. The van der Waals surface area contributed by atoms with Gasteiger partial charge in [0, 0.05) is 37.6 Å². The standard InChI is InChI=1S/C16H23N3OS/c1-4-19(10-11-20)12-14-15(13-8-6-5-7-9-13)17-16(21-14)18(2)3/h5-9,20H,4,10-12H2,1-3H3. The van der Waals surface area contributed by atoms with Crippen molar-refractivity contribution in [2.75, 3.05) is 38.7 Å². The third kappa shape index (κ3) is 4.03. The van der Waals surface area contributed by atoms with Crippen molar-refractivity contribution in [3.05, 3.63) is 35.2 Å². The number of aliphatic hydroxyl groups is 1. The van der Waals surface area contributed by atoms with E-state index in [-0.39, 0.29) is 6.61 Å². The summed E-state index contributed by atoms with van der Waals surface area (Å²) < 4.78 is 0. The zero-order valence-corrected chi connectivity index (χ0v) is 13.7. The predicted octanol–water partition coefficient (Wildman–Crippen LogP) is 2.69. The lowest BCUT2D eigenvalue weighted by molar-refractivity contribution is 0.198. The third-order valence-electron chi connectivity index (χ3n) is 3.35. The van der Waals surface area contributed by atoms with E-state index in [0.717, 1.165) is 29.5 Å². The highest BCUT2D eigenvalue weighted by molar-refractivity contribution is 7.16. The first-order chi connectivity index (χ1) is 10.2. The Bertz CT molecular complexity index is 554. The van der Waals surface area contributed by atoms with Crippen LogP contribution >= 0.6 is 11.3 Å². The summed E-state index contributed by atoms with van der Waals surface area (Å²) in [4.78, 5) is 10.3. The highest BCUT2D eigenvalue weighted by Gasteiger charge is 2.16. The van der Waals surface area contributed by atoms with Crippen LogP contribution in [0, 0.1) is 0 Å². The molecule has 1 aromatic heterocycles. The number of likely N-dealkylation sites (N-methyl/N-ethyl adjacent to an activating group) is 1. The second-order valence-electron chi connectivity index (χ2n) is 5.12. The lowest BCUT2D eigenvalue weighted by Crippen LogP contribution is -2.25. The zero-order valence-electron chi connectivity index (χ0n) is 12.9. The third-order valence-corrected chi connectivity index (χ3v) is 4.55. The minimum absolute atomic E-state index is 0.188. The van der Waals surface area contributed by atoms with Crippen LogP contribution in [0.4, 0.5) is 5.13 Å². The van der Waals surface area contributed by atoms with Gasteiger partial charge in [-0.25, -0.2) is 4.98 Å². The molecule has 1 heterocycles. The minimum Gasteiger partial charge on any atom is -0.395 e. The van der Waals surface area contributed by atoms with Crippen LogP contribution in [-0.4, -0.2) is 48.8 Å². The van der Waals surface area contributed by atoms with Crippen molar-refractivity contribution >= 4 is 16.5 Å². The number of hydrogen-bond acceptors (Lipinski definition) is 5. The summed E-state index contributed by atoms with van der Waals surface area (Å²) in [7, 11) is 4.03. The van der Waals surface area contributed by atoms with Crippen molar-refractivity contribution in [3.8, 4) is 11.3 Å². The summed E-state index contributed by atoms with van der Waals surface area (Å²) in [6.45, 7) is 4.75. The van der Waals surface area contributed by atoms with Crippen LogP contribution in [0.2, 0.25) is 0 Å². The van der Waals surface area contributed by atoms with Gasteiger partial charge < -0.3 is 10.0 Å². The number of anilines is 1. The van der Waals surface area contributed by atoms with Crippen molar-refractivity contribution in [1.29, 1.82) is 0 Å². The van der Waals surface area contributed by atoms with Crippen LogP contribution in [0.15, 0.2) is 30.3 Å². The lowest BCUT2D eigenvalue weighted by Gasteiger charge is -2.18. The molecule has 1 aromatic carbocycles. The molecule has 5 heteroatoms. The van der Waals surface area contributed by atoms with Gasteiger partial charge in [0.15, 0.2) is 5.13 Å². The molecule has 0 atom stereocenters. The largest absolute Gasteiger partial charge is 0.395 e. The Morgan fingerprint density at radius 1 is 1.19 bits per heavy atom. The minimum atomic E-state index is 0.188. The van der Waals surface area contributed by atoms with Crippen molar-refractivity contribution in [2.24, 2.45) is 0 Å². The maximum Gasteiger partial charge on any atom is 0.185 e. The Kier molecular flexibility index (Phi) is 5.73. The van der Waals surface area contributed by atoms with E-state index in [0.29, 0.717) is 6.54 Å². The van der Waals surface area contributed by atoms with Crippen LogP contribution in [0.25, 0.3) is 11.3 Å². The second kappa shape index (κ2) is 7.54. The summed E-state index contributed by atoms with van der Waals surface area (Å²) in [6, 6.07) is 10.3. The van der Waals surface area contributed by atoms with Gasteiger partial charge >= 0.3 is 0 Å². The fourth-order valence-corrected chi connectivity index (χ4v) is 3.20. The SMILES string of the molecule is CCN(CCO)Cc1sc(N(C)C)nc1-c1ccccc1. The van der Waals surface area contributed by atoms with Gasteiger partial charge in [-0.3, -0.25) is 4.90 Å². The van der Waals surface area contributed by atoms with Crippen molar-refractivity contribution in [2.45, 2.75) is 13.5 Å². The van der Waals surface area contributed by atoms with E-state index < -0.39 is 0 Å². The highest BCUT2D eigenvalue weighted by Crippen LogP contribution is 2.33. The molecule has 0 bridgehead atoms. The van der Waals surface area contributed by atoms with Gasteiger partial charge in [-0.05, 0) is 6.54 Å². The first-order valence-electron chi connectivity index (χ1n) is 7.21. The van der Waals surface area contributed by atoms with Crippen LogP contribution in [0.5, 0.6) is 0 Å². The number of aromatic nitrogens is 1. The number of thiazole rings is 1. The molecular formula is C16H23N3OS. The van der Waals surface area contributed by atoms with Crippen LogP contribution < -0.4 is 4.90 Å². The Morgan fingerprint density at radius 3 is 2.48 bits per heavy atom. The molecule has 0 aliphatic carbocycles. The van der Waals surface area contributed by atoms with Gasteiger partial charge in [-0.2, -0.15) is 0 Å². The van der Waals surface area contributed by atoms with Crippen molar-refractivity contribution in [1.82, 2.24) is 9.88 Å². The molecule has 0 fully saturated rings. The summed E-state index contributed by atoms with van der Waals surface area (Å²) in [5.74, 6) is 0. The maximum atomic E-state index is 9.16. The van der Waals surface area contributed by atoms with E-state index in [1.807, 2.05) is 37.2 Å². The van der Waals surface area contributed by atoms with Gasteiger partial charge in [0.25, 0.3) is 0 Å². The second-order valence-corrected chi connectivity index (χ2v) is 6.18. The van der Waals surface area contributed by atoms with Gasteiger partial charge in [0.05, 0.1) is 12.3 Å². The molecule has 4 nitrogen and oxygen atoms in total. The van der Waals surface area contributed by atoms with E-state index in [1.54, 1.807) is 11.3 Å². The van der Waals surface area contributed by atoms with Crippen molar-refractivity contribution in [3.63, 3.8) is 0 Å². The van der Waals surface area contributed by atoms with E-state index in [2.05, 4.69) is 24.0 Å². The molecule has 0 amide bonds. The monoisotopic (exact) mass is 305 g/mol. The molecule has 0 unspecified atom stereocenters. The molecule has 114 valence electrons. The van der Waals surface area contributed by atoms with Crippen LogP contribution in [0.1, 0.15) is 11.8 Å². The number of nitrogens with zero attached hydrogens (tertiary/aromatic N) is 3. The van der Waals surface area contributed by atoms with E-state index in [4.69, 9.17) is 10.1 Å². The maximum absolute atomic E-state index is 9.16. The van der Waals surface area contributed by atoms with Gasteiger partial charge in [-0.15, -0.1) is 0 Å². The number of hydrogen-bond donors (Lipinski definition) is 1. The van der Waals surface area contributed by atoms with Crippen LogP contribution in [0.3, 0.4) is 0 Å². The molecule has 1 N–H and O–H groups in total. The van der Waals surface area contributed by atoms with E-state index in [1.165, 1.54) is 4.88 Å². The average Bonchev–Trinajstić information content (AvgIpc) is 2.92. The molecule has 0 aliphatic heterocycles. The summed E-state index contributed by atoms with van der Waals surface area (Å²) in [6.07, 6.45) is 0. The first-order valence-corrected chi connectivity index (χ1v) is 8.03. The molecular weight excluding hydrogens is 282 g/mol. The van der Waals surface area contributed by atoms with Crippen molar-refractivity contribution < 1.29 is 5.11 Å². The zero-order chi connectivity index (χ0) is 15.2. The first kappa shape index (κ1) is 15.9. The molecule has 2 aromatic rings. The molecule has 0 saturated carbocycles. The highest BCUT2D eigenvalue weighted by atomic mass is 32.1. The molecule has 2 rings (SSSR count). The quantitative estimate of drug-likeness (QED) is 0.854. The van der Waals surface area contributed by atoms with Gasteiger partial charge in [-0.1, -0.05) is 48.6 Å². The number of benzene rings is 1. The Labute approximate surface area is 130 Å². The van der Waals surface area contributed by atoms with Gasteiger partial charge in [0.2, 0.25) is 0 Å². The smallest absolute Gasteiger partial charge is 0.185 e. The Balaban J connectivity index is 2.34. The number of aliphatic hydroxyl groups excluding tert-OH is 1. The molecule has 0 radical (unpaired) electrons. The van der Waals surface area contributed by atoms with Gasteiger partial charge in [0.1, 0.15) is 0 Å². The lowest BCUT2D eigenvalue weighted by atomic mass is 10.1. The van der Waals surface area contributed by atoms with E-state index >= 15 is 0 Å². The Morgan fingerprint density at radius 2 is 1.90 bits per heavy atom. The summed E-state index contributed by atoms with van der Waals surface area (Å²) in [5, 5.41) is 10.2. The fraction of sp³-hybridized carbons (Fsp3) is 0.438. The topological polar surface area (TPSA) is 39.6 Å². The molecule has 0 aliphatic rings. The molecule has 21 heavy (non-hydrogen) atoms. The van der Waals surface area contributed by atoms with E-state index in [9.17, 15) is 0 Å².